The van der Waals surface area contributed by atoms with Crippen molar-refractivity contribution >= 4 is 11.8 Å². The van der Waals surface area contributed by atoms with E-state index in [2.05, 4.69) is 5.32 Å². The van der Waals surface area contributed by atoms with Gasteiger partial charge < -0.3 is 15.0 Å². The van der Waals surface area contributed by atoms with Gasteiger partial charge >= 0.3 is 0 Å². The number of carbonyl (C=O) groups excluding carboxylic acids is 2. The van der Waals surface area contributed by atoms with Gasteiger partial charge in [0.2, 0.25) is 11.8 Å². The second-order valence-corrected chi connectivity index (χ2v) is 5.79. The molecule has 0 aliphatic carbocycles. The quantitative estimate of drug-likeness (QED) is 0.756. The predicted octanol–water partition coefficient (Wildman–Crippen LogP) is 0.786. The van der Waals surface area contributed by atoms with Crippen LogP contribution in [0.4, 0.5) is 0 Å². The maximum Gasteiger partial charge on any atom is 0.245 e. The summed E-state index contributed by atoms with van der Waals surface area (Å²) in [4.78, 5) is 25.8. The summed E-state index contributed by atoms with van der Waals surface area (Å²) in [5, 5.41) is 2.83. The third kappa shape index (κ3) is 3.98. The first-order valence-corrected chi connectivity index (χ1v) is 6.43. The molecule has 1 aliphatic heterocycles. The molecule has 1 heterocycles. The van der Waals surface area contributed by atoms with Crippen LogP contribution >= 0.6 is 0 Å². The summed E-state index contributed by atoms with van der Waals surface area (Å²) in [5.41, 5.74) is -0.267. The molecule has 1 atom stereocenters. The molecule has 0 spiro atoms. The van der Waals surface area contributed by atoms with E-state index < -0.39 is 6.04 Å². The van der Waals surface area contributed by atoms with Crippen LogP contribution in [-0.4, -0.2) is 49.6 Å². The van der Waals surface area contributed by atoms with E-state index in [1.807, 2.05) is 20.8 Å². The van der Waals surface area contributed by atoms with Crippen molar-refractivity contribution in [3.8, 4) is 0 Å². The van der Waals surface area contributed by atoms with E-state index >= 15 is 0 Å². The Morgan fingerprint density at radius 2 is 2.06 bits per heavy atom. The summed E-state index contributed by atoms with van der Waals surface area (Å²) in [6.07, 6.45) is 1.18. The second kappa shape index (κ2) is 6.18. The molecule has 1 N–H and O–H groups in total. The van der Waals surface area contributed by atoms with Gasteiger partial charge in [-0.25, -0.2) is 0 Å². The lowest BCUT2D eigenvalue weighted by molar-refractivity contribution is -0.136. The lowest BCUT2D eigenvalue weighted by atomic mass is 9.86. The van der Waals surface area contributed by atoms with Crippen molar-refractivity contribution in [2.24, 2.45) is 5.41 Å². The highest BCUT2D eigenvalue weighted by Crippen LogP contribution is 2.23. The number of nitrogens with zero attached hydrogens (tertiary/aromatic N) is 1. The maximum atomic E-state index is 12.4. The fraction of sp³-hybridized carbons (Fsp3) is 0.846. The molecule has 2 amide bonds. The van der Waals surface area contributed by atoms with E-state index in [0.717, 1.165) is 6.42 Å². The first kappa shape index (κ1) is 15.0. The largest absolute Gasteiger partial charge is 0.385 e. The summed E-state index contributed by atoms with van der Waals surface area (Å²) in [7, 11) is 1.65. The summed E-state index contributed by atoms with van der Waals surface area (Å²) in [6, 6.07) is -0.435. The van der Waals surface area contributed by atoms with Gasteiger partial charge in [0, 0.05) is 33.2 Å². The zero-order valence-electron chi connectivity index (χ0n) is 11.8. The summed E-state index contributed by atoms with van der Waals surface area (Å²) < 4.78 is 4.99. The molecule has 104 valence electrons. The molecule has 1 unspecified atom stereocenters. The van der Waals surface area contributed by atoms with E-state index in [0.29, 0.717) is 26.1 Å². The van der Waals surface area contributed by atoms with Crippen molar-refractivity contribution in [2.45, 2.75) is 39.7 Å². The maximum absolute atomic E-state index is 12.4. The minimum Gasteiger partial charge on any atom is -0.385 e. The van der Waals surface area contributed by atoms with Crippen molar-refractivity contribution in [1.29, 1.82) is 0 Å². The topological polar surface area (TPSA) is 58.6 Å². The Morgan fingerprint density at radius 3 is 2.61 bits per heavy atom. The van der Waals surface area contributed by atoms with Crippen molar-refractivity contribution in [3.63, 3.8) is 0 Å². The third-order valence-corrected chi connectivity index (χ3v) is 3.12. The molecule has 0 aromatic heterocycles. The normalized spacial score (nSPS) is 21.8. The fourth-order valence-electron chi connectivity index (χ4n) is 2.03. The number of rotatable bonds is 4. The Morgan fingerprint density at radius 1 is 1.39 bits per heavy atom. The van der Waals surface area contributed by atoms with E-state index in [1.54, 1.807) is 12.0 Å². The van der Waals surface area contributed by atoms with E-state index in [-0.39, 0.29) is 17.2 Å². The van der Waals surface area contributed by atoms with Gasteiger partial charge in [0.1, 0.15) is 6.04 Å². The van der Waals surface area contributed by atoms with Gasteiger partial charge in [-0.15, -0.1) is 0 Å². The molecule has 5 heteroatoms. The molecule has 18 heavy (non-hydrogen) atoms. The monoisotopic (exact) mass is 256 g/mol. The molecule has 0 bridgehead atoms. The van der Waals surface area contributed by atoms with Crippen LogP contribution in [0.3, 0.4) is 0 Å². The van der Waals surface area contributed by atoms with Crippen LogP contribution in [0.2, 0.25) is 0 Å². The van der Waals surface area contributed by atoms with Gasteiger partial charge in [0.05, 0.1) is 0 Å². The Hall–Kier alpha value is -1.10. The number of ether oxygens (including phenoxy) is 1. The molecule has 5 nitrogen and oxygen atoms in total. The van der Waals surface area contributed by atoms with Crippen LogP contribution in [0.1, 0.15) is 33.6 Å². The van der Waals surface area contributed by atoms with Crippen LogP contribution in [0, 0.1) is 5.41 Å². The highest BCUT2D eigenvalue weighted by molar-refractivity contribution is 5.90. The zero-order chi connectivity index (χ0) is 13.8. The van der Waals surface area contributed by atoms with Crippen LogP contribution in [0.25, 0.3) is 0 Å². The molecule has 1 saturated heterocycles. The SMILES string of the molecule is COCCCN1CCC(=O)NC(C(C)(C)C)C1=O. The predicted molar refractivity (Wildman–Crippen MR) is 69.1 cm³/mol. The molecule has 0 radical (unpaired) electrons. The van der Waals surface area contributed by atoms with Crippen LogP contribution in [-0.2, 0) is 14.3 Å². The third-order valence-electron chi connectivity index (χ3n) is 3.12. The first-order valence-electron chi connectivity index (χ1n) is 6.43. The highest BCUT2D eigenvalue weighted by atomic mass is 16.5. The Balaban J connectivity index is 2.73. The van der Waals surface area contributed by atoms with Crippen molar-refractivity contribution in [1.82, 2.24) is 10.2 Å². The van der Waals surface area contributed by atoms with E-state index in [9.17, 15) is 9.59 Å². The summed E-state index contributed by atoms with van der Waals surface area (Å²) in [5.74, 6) is -0.0260. The second-order valence-electron chi connectivity index (χ2n) is 5.79. The van der Waals surface area contributed by atoms with Gasteiger partial charge in [-0.2, -0.15) is 0 Å². The summed E-state index contributed by atoms with van der Waals surface area (Å²) in [6.45, 7) is 7.68. The molecular weight excluding hydrogens is 232 g/mol. The molecule has 0 saturated carbocycles. The molecule has 1 fully saturated rings. The summed E-state index contributed by atoms with van der Waals surface area (Å²) >= 11 is 0. The zero-order valence-corrected chi connectivity index (χ0v) is 11.8. The number of methoxy groups -OCH3 is 1. The van der Waals surface area contributed by atoms with Crippen molar-refractivity contribution < 1.29 is 14.3 Å². The van der Waals surface area contributed by atoms with Gasteiger partial charge in [-0.05, 0) is 11.8 Å². The molecule has 0 aromatic carbocycles. The number of hydrogen-bond acceptors (Lipinski definition) is 3. The number of carbonyl (C=O) groups is 2. The van der Waals surface area contributed by atoms with Crippen molar-refractivity contribution in [2.75, 3.05) is 26.8 Å². The molecular formula is C13H24N2O3. The van der Waals surface area contributed by atoms with Crippen LogP contribution in [0.15, 0.2) is 0 Å². The van der Waals surface area contributed by atoms with E-state index in [1.165, 1.54) is 0 Å². The van der Waals surface area contributed by atoms with Crippen LogP contribution < -0.4 is 5.32 Å². The Bertz CT molecular complexity index is 310. The average molecular weight is 256 g/mol. The number of nitrogens with one attached hydrogen (secondary N) is 1. The molecule has 1 aliphatic rings. The molecule has 1 rings (SSSR count). The van der Waals surface area contributed by atoms with Crippen LogP contribution in [0.5, 0.6) is 0 Å². The Kier molecular flexibility index (Phi) is 5.14. The first-order chi connectivity index (χ1) is 8.36. The number of hydrogen-bond donors (Lipinski definition) is 1. The lowest BCUT2D eigenvalue weighted by Crippen LogP contribution is -2.52. The van der Waals surface area contributed by atoms with Gasteiger partial charge in [0.15, 0.2) is 0 Å². The van der Waals surface area contributed by atoms with Gasteiger partial charge in [-0.1, -0.05) is 20.8 Å². The molecule has 0 aromatic rings. The number of amides is 2. The highest BCUT2D eigenvalue weighted by Gasteiger charge is 2.37. The van der Waals surface area contributed by atoms with Gasteiger partial charge in [-0.3, -0.25) is 9.59 Å². The fourth-order valence-corrected chi connectivity index (χ4v) is 2.03. The van der Waals surface area contributed by atoms with E-state index in [4.69, 9.17) is 4.74 Å². The lowest BCUT2D eigenvalue weighted by Gasteiger charge is -2.32. The standard InChI is InChI=1S/C13H24N2O3/c1-13(2,3)11-12(17)15(7-5-9-18-4)8-6-10(16)14-11/h11H,5-9H2,1-4H3,(H,14,16). The average Bonchev–Trinajstić information content (AvgIpc) is 2.41. The Labute approximate surface area is 109 Å². The minimum atomic E-state index is -0.435. The van der Waals surface area contributed by atoms with Crippen molar-refractivity contribution in [3.05, 3.63) is 0 Å². The van der Waals surface area contributed by atoms with Gasteiger partial charge in [0.25, 0.3) is 0 Å². The smallest absolute Gasteiger partial charge is 0.245 e. The minimum absolute atomic E-state index is 0.0180.